The van der Waals surface area contributed by atoms with Crippen LogP contribution < -0.4 is 11.2 Å². The molecule has 1 aromatic rings. The van der Waals surface area contributed by atoms with Crippen molar-refractivity contribution >= 4 is 32.0 Å². The lowest BCUT2D eigenvalue weighted by Gasteiger charge is -2.27. The zero-order valence-electron chi connectivity index (χ0n) is 10.5. The van der Waals surface area contributed by atoms with Gasteiger partial charge in [0.1, 0.15) is 18.3 Å². The van der Waals surface area contributed by atoms with Crippen LogP contribution in [0.5, 0.6) is 0 Å². The molecule has 4 N–H and O–H groups in total. The summed E-state index contributed by atoms with van der Waals surface area (Å²) in [6, 6.07) is 0. The third kappa shape index (κ3) is 2.60. The lowest BCUT2D eigenvalue weighted by molar-refractivity contribution is -0.0883. The van der Waals surface area contributed by atoms with Crippen molar-refractivity contribution in [1.82, 2.24) is 9.55 Å². The summed E-state index contributed by atoms with van der Waals surface area (Å²) < 4.78 is 6.08. The van der Waals surface area contributed by atoms with Gasteiger partial charge in [-0.2, -0.15) is 0 Å². The van der Waals surface area contributed by atoms with E-state index < -0.39 is 41.4 Å². The molecule has 4 atom stereocenters. The molecular formula is C11H12BrClN2O6. The van der Waals surface area contributed by atoms with Crippen LogP contribution in [0.1, 0.15) is 5.56 Å². The average molecular weight is 384 g/mol. The maximum Gasteiger partial charge on any atom is 0.331 e. The van der Waals surface area contributed by atoms with E-state index in [9.17, 15) is 19.8 Å². The Morgan fingerprint density at radius 3 is 2.67 bits per heavy atom. The maximum absolute atomic E-state index is 11.9. The molecule has 0 unspecified atom stereocenters. The van der Waals surface area contributed by atoms with Gasteiger partial charge in [0.25, 0.3) is 10.7 Å². The molecule has 1 saturated heterocycles. The molecule has 116 valence electrons. The Kier molecular flexibility index (Phi) is 4.43. The van der Waals surface area contributed by atoms with Gasteiger partial charge in [-0.1, -0.05) is 34.1 Å². The number of nitrogens with zero attached hydrogens (tertiary/aromatic N) is 1. The number of nitrogens with one attached hydrogen (secondary N) is 1. The lowest BCUT2D eigenvalue weighted by atomic mass is 10.1. The molecule has 0 amide bonds. The van der Waals surface area contributed by atoms with E-state index in [4.69, 9.17) is 21.4 Å². The van der Waals surface area contributed by atoms with Gasteiger partial charge in [0.05, 0.1) is 12.2 Å². The summed E-state index contributed by atoms with van der Waals surface area (Å²) in [4.78, 5) is 25.5. The number of aromatic nitrogens is 2. The summed E-state index contributed by atoms with van der Waals surface area (Å²) in [6.07, 6.45) is -3.33. The first-order chi connectivity index (χ1) is 9.72. The van der Waals surface area contributed by atoms with Crippen molar-refractivity contribution in [3.63, 3.8) is 0 Å². The minimum atomic E-state index is -2.16. The fourth-order valence-electron chi connectivity index (χ4n) is 2.00. The molecule has 1 fully saturated rings. The van der Waals surface area contributed by atoms with Crippen LogP contribution in [-0.2, 0) is 9.92 Å². The van der Waals surface area contributed by atoms with Crippen LogP contribution in [0, 0.1) is 0 Å². The van der Waals surface area contributed by atoms with Crippen molar-refractivity contribution < 1.29 is 20.1 Å². The Bertz CT molecular complexity index is 688. The van der Waals surface area contributed by atoms with E-state index >= 15 is 0 Å². The van der Waals surface area contributed by atoms with Gasteiger partial charge in [0, 0.05) is 10.7 Å². The van der Waals surface area contributed by atoms with Gasteiger partial charge < -0.3 is 20.1 Å². The van der Waals surface area contributed by atoms with Crippen molar-refractivity contribution in [1.29, 1.82) is 0 Å². The monoisotopic (exact) mass is 382 g/mol. The Morgan fingerprint density at radius 1 is 1.57 bits per heavy atom. The molecule has 0 radical (unpaired) electrons. The number of halogens is 2. The Morgan fingerprint density at radius 2 is 2.19 bits per heavy atom. The molecule has 0 bridgehead atoms. The second-order valence-electron chi connectivity index (χ2n) is 4.46. The largest absolute Gasteiger partial charge is 0.394 e. The van der Waals surface area contributed by atoms with E-state index in [1.807, 2.05) is 4.98 Å². The quantitative estimate of drug-likeness (QED) is 0.489. The number of alkyl halides is 1. The first-order valence-electron chi connectivity index (χ1n) is 5.77. The first-order valence-corrected chi connectivity index (χ1v) is 6.94. The molecular weight excluding hydrogens is 371 g/mol. The molecule has 0 aromatic carbocycles. The van der Waals surface area contributed by atoms with E-state index in [-0.39, 0.29) is 10.0 Å². The number of hydrogen-bond donors (Lipinski definition) is 4. The topological polar surface area (TPSA) is 125 Å². The molecule has 0 spiro atoms. The zero-order valence-corrected chi connectivity index (χ0v) is 12.8. The van der Waals surface area contributed by atoms with Gasteiger partial charge in [0.2, 0.25) is 0 Å². The van der Waals surface area contributed by atoms with Crippen LogP contribution >= 0.6 is 27.5 Å². The van der Waals surface area contributed by atoms with Gasteiger partial charge in [-0.05, 0) is 0 Å². The minimum absolute atomic E-state index is 0.00707. The normalized spacial score (nSPS) is 32.3. The third-order valence-electron chi connectivity index (χ3n) is 3.13. The summed E-state index contributed by atoms with van der Waals surface area (Å²) >= 11 is 9.11. The van der Waals surface area contributed by atoms with Crippen LogP contribution in [0.4, 0.5) is 0 Å². The van der Waals surface area contributed by atoms with Gasteiger partial charge in [-0.15, -0.1) is 0 Å². The van der Waals surface area contributed by atoms with Gasteiger partial charge in [-0.3, -0.25) is 14.3 Å². The van der Waals surface area contributed by atoms with Crippen LogP contribution in [0.15, 0.2) is 22.4 Å². The zero-order chi connectivity index (χ0) is 15.9. The highest BCUT2D eigenvalue weighted by Gasteiger charge is 2.55. The Hall–Kier alpha value is -0.970. The molecule has 8 nitrogen and oxygen atoms in total. The molecule has 1 aliphatic heterocycles. The Balaban J connectivity index is 2.61. The molecule has 2 heterocycles. The van der Waals surface area contributed by atoms with Gasteiger partial charge >= 0.3 is 5.69 Å². The van der Waals surface area contributed by atoms with E-state index in [0.29, 0.717) is 0 Å². The molecule has 2 rings (SSSR count). The summed E-state index contributed by atoms with van der Waals surface area (Å²) in [5.41, 5.74) is -1.66. The number of aliphatic hydroxyl groups is 3. The number of H-pyrrole nitrogens is 1. The molecule has 0 aliphatic carbocycles. The van der Waals surface area contributed by atoms with Crippen LogP contribution in [-0.4, -0.2) is 49.8 Å². The highest BCUT2D eigenvalue weighted by molar-refractivity contribution is 9.15. The van der Waals surface area contributed by atoms with E-state index in [0.717, 1.165) is 10.8 Å². The highest BCUT2D eigenvalue weighted by Crippen LogP contribution is 2.38. The SMILES string of the molecule is C=C(Br)c1cn([C@]2(Cl)O[C@H](CO)[C@@H](O)[C@H]2O)c(=O)[nH]c1=O. The lowest BCUT2D eigenvalue weighted by Crippen LogP contribution is -2.48. The fourth-order valence-corrected chi connectivity index (χ4v) is 2.65. The number of aliphatic hydroxyl groups excluding tert-OH is 3. The van der Waals surface area contributed by atoms with Crippen molar-refractivity contribution in [3.05, 3.63) is 39.2 Å². The minimum Gasteiger partial charge on any atom is -0.394 e. The average Bonchev–Trinajstić information content (AvgIpc) is 2.63. The van der Waals surface area contributed by atoms with E-state index in [1.54, 1.807) is 0 Å². The second kappa shape index (κ2) is 5.67. The predicted molar refractivity (Wildman–Crippen MR) is 77.1 cm³/mol. The molecule has 21 heavy (non-hydrogen) atoms. The number of rotatable bonds is 3. The third-order valence-corrected chi connectivity index (χ3v) is 4.05. The number of aromatic amines is 1. The highest BCUT2D eigenvalue weighted by atomic mass is 79.9. The molecule has 10 heteroatoms. The van der Waals surface area contributed by atoms with E-state index in [2.05, 4.69) is 22.5 Å². The Labute approximate surface area is 131 Å². The van der Waals surface area contributed by atoms with Gasteiger partial charge in [0.15, 0.2) is 0 Å². The fraction of sp³-hybridized carbons (Fsp3) is 0.455. The second-order valence-corrected chi connectivity index (χ2v) is 5.96. The summed E-state index contributed by atoms with van der Waals surface area (Å²) in [6.45, 7) is 2.91. The number of ether oxygens (including phenoxy) is 1. The van der Waals surface area contributed by atoms with Crippen LogP contribution in [0.3, 0.4) is 0 Å². The van der Waals surface area contributed by atoms with Crippen LogP contribution in [0.2, 0.25) is 0 Å². The van der Waals surface area contributed by atoms with Crippen molar-refractivity contribution in [3.8, 4) is 0 Å². The predicted octanol–water partition coefficient (Wildman–Crippen LogP) is -1.14. The van der Waals surface area contributed by atoms with Crippen molar-refractivity contribution in [2.45, 2.75) is 23.5 Å². The van der Waals surface area contributed by atoms with Crippen molar-refractivity contribution in [2.75, 3.05) is 6.61 Å². The smallest absolute Gasteiger partial charge is 0.331 e. The number of hydrogen-bond acceptors (Lipinski definition) is 6. The first kappa shape index (κ1) is 16.4. The molecule has 1 aliphatic rings. The summed E-state index contributed by atoms with van der Waals surface area (Å²) in [5.74, 6) is 0. The maximum atomic E-state index is 11.9. The summed E-state index contributed by atoms with van der Waals surface area (Å²) in [5, 5.41) is 26.6. The van der Waals surface area contributed by atoms with Crippen LogP contribution in [0.25, 0.3) is 4.48 Å². The molecule has 0 saturated carbocycles. The molecule has 1 aromatic heterocycles. The standard InChI is InChI=1S/C11H12BrClN2O6/c1-4(12)5-2-15(10(20)14-9(5)19)11(13)8(18)7(17)6(3-16)21-11/h2,6-8,16-18H,1,3H2,(H,14,19,20)/t6-,7-,8-,11+/m1/s1. The van der Waals surface area contributed by atoms with Gasteiger partial charge in [-0.25, -0.2) is 4.79 Å². The van der Waals surface area contributed by atoms with E-state index in [1.165, 1.54) is 0 Å². The van der Waals surface area contributed by atoms with Crippen molar-refractivity contribution in [2.24, 2.45) is 0 Å². The summed E-state index contributed by atoms with van der Waals surface area (Å²) in [7, 11) is 0.